The number of hydrazine groups is 1. The van der Waals surface area contributed by atoms with E-state index in [1.54, 1.807) is 6.07 Å². The Morgan fingerprint density at radius 1 is 1.07 bits per heavy atom. The Kier molecular flexibility index (Phi) is 5.08. The molecule has 4 aromatic rings. The molecule has 150 valence electrons. The summed E-state index contributed by atoms with van der Waals surface area (Å²) in [5.74, 6) is -0.161. The van der Waals surface area contributed by atoms with Gasteiger partial charge in [-0.3, -0.25) is 15.6 Å². The second kappa shape index (κ2) is 8.00. The minimum Gasteiger partial charge on any atom is -0.435 e. The first-order valence-electron chi connectivity index (χ1n) is 8.98. The van der Waals surface area contributed by atoms with Gasteiger partial charge in [0.15, 0.2) is 11.6 Å². The number of carbonyl (C=O) groups is 1. The van der Waals surface area contributed by atoms with Gasteiger partial charge in [-0.15, -0.1) is 0 Å². The normalized spacial score (nSPS) is 10.6. The van der Waals surface area contributed by atoms with E-state index in [4.69, 9.17) is 10.5 Å². The number of nitrogens with two attached hydrogens (primary N) is 1. The lowest BCUT2D eigenvalue weighted by Crippen LogP contribution is -2.30. The molecule has 2 heterocycles. The number of fused-ring (bicyclic) bond motifs is 1. The third-order valence-corrected chi connectivity index (χ3v) is 4.28. The highest BCUT2D eigenvalue weighted by Gasteiger charge is 2.14. The van der Waals surface area contributed by atoms with Crippen molar-refractivity contribution in [2.45, 2.75) is 6.92 Å². The monoisotopic (exact) mass is 404 g/mol. The summed E-state index contributed by atoms with van der Waals surface area (Å²) in [5, 5.41) is 0.913. The zero-order chi connectivity index (χ0) is 21.1. The van der Waals surface area contributed by atoms with Crippen LogP contribution in [0, 0.1) is 12.7 Å². The molecule has 8 nitrogen and oxygen atoms in total. The van der Waals surface area contributed by atoms with Gasteiger partial charge in [0, 0.05) is 16.6 Å². The molecule has 0 aliphatic rings. The lowest BCUT2D eigenvalue weighted by Gasteiger charge is -2.13. The largest absolute Gasteiger partial charge is 0.435 e. The van der Waals surface area contributed by atoms with Gasteiger partial charge < -0.3 is 10.5 Å². The van der Waals surface area contributed by atoms with Crippen LogP contribution in [0.5, 0.6) is 11.6 Å². The first-order valence-corrected chi connectivity index (χ1v) is 8.98. The van der Waals surface area contributed by atoms with E-state index in [1.807, 2.05) is 31.2 Å². The number of amides is 1. The lowest BCUT2D eigenvalue weighted by molar-refractivity contribution is 0.0962. The fourth-order valence-corrected chi connectivity index (χ4v) is 2.75. The molecule has 2 aromatic carbocycles. The zero-order valence-electron chi connectivity index (χ0n) is 15.9. The number of hydrogen-bond donors (Lipinski definition) is 3. The van der Waals surface area contributed by atoms with E-state index < -0.39 is 11.7 Å². The minimum absolute atomic E-state index is 0.0987. The fourth-order valence-electron chi connectivity index (χ4n) is 2.75. The molecule has 0 unspecified atom stereocenters. The van der Waals surface area contributed by atoms with Crippen LogP contribution in [0.15, 0.2) is 60.9 Å². The van der Waals surface area contributed by atoms with Crippen molar-refractivity contribution in [1.29, 1.82) is 0 Å². The van der Waals surface area contributed by atoms with Gasteiger partial charge >= 0.3 is 0 Å². The minimum atomic E-state index is -0.482. The molecule has 0 aliphatic carbocycles. The molecule has 9 heteroatoms. The van der Waals surface area contributed by atoms with Crippen LogP contribution in [0.1, 0.15) is 16.1 Å². The third-order valence-electron chi connectivity index (χ3n) is 4.28. The number of aromatic nitrogens is 3. The van der Waals surface area contributed by atoms with Crippen molar-refractivity contribution in [3.05, 3.63) is 78.0 Å². The maximum Gasteiger partial charge on any atom is 0.269 e. The molecule has 0 fully saturated rings. The van der Waals surface area contributed by atoms with Crippen molar-refractivity contribution in [3.8, 4) is 11.6 Å². The number of nitrogen functional groups attached to an aromatic ring is 1. The Hall–Kier alpha value is -4.27. The highest BCUT2D eigenvalue weighted by molar-refractivity contribution is 5.95. The van der Waals surface area contributed by atoms with Gasteiger partial charge in [0.25, 0.3) is 5.91 Å². The number of nitrogens with one attached hydrogen (secondary N) is 2. The number of ether oxygens (including phenoxy) is 1. The maximum absolute atomic E-state index is 13.0. The van der Waals surface area contributed by atoms with E-state index in [1.165, 1.54) is 30.6 Å². The highest BCUT2D eigenvalue weighted by atomic mass is 19.1. The first-order chi connectivity index (χ1) is 14.5. The molecule has 4 rings (SSSR count). The topological polar surface area (TPSA) is 115 Å². The average molecular weight is 404 g/mol. The van der Waals surface area contributed by atoms with Crippen LogP contribution >= 0.6 is 0 Å². The molecule has 0 bridgehead atoms. The fraction of sp³-hybridized carbons (Fsp3) is 0.0476. The van der Waals surface area contributed by atoms with E-state index >= 15 is 0 Å². The quantitative estimate of drug-likeness (QED) is 0.435. The van der Waals surface area contributed by atoms with Crippen LogP contribution < -0.4 is 21.3 Å². The Morgan fingerprint density at radius 2 is 1.87 bits per heavy atom. The van der Waals surface area contributed by atoms with Gasteiger partial charge in [0.05, 0.1) is 0 Å². The number of para-hydroxylation sites is 1. The maximum atomic E-state index is 13.0. The Bertz CT molecular complexity index is 1230. The van der Waals surface area contributed by atoms with Crippen LogP contribution in [0.4, 0.5) is 15.9 Å². The number of aryl methyl sites for hydroxylation is 1. The summed E-state index contributed by atoms with van der Waals surface area (Å²) in [4.78, 5) is 24.8. The number of hydrogen-bond acceptors (Lipinski definition) is 7. The van der Waals surface area contributed by atoms with E-state index in [9.17, 15) is 9.18 Å². The lowest BCUT2D eigenvalue weighted by atomic mass is 10.2. The molecule has 4 N–H and O–H groups in total. The number of nitrogens with zero attached hydrogens (tertiary/aromatic N) is 3. The molecular formula is C21H17FN6O2. The summed E-state index contributed by atoms with van der Waals surface area (Å²) >= 11 is 0. The van der Waals surface area contributed by atoms with Crippen LogP contribution in [0.3, 0.4) is 0 Å². The molecular weight excluding hydrogens is 387 g/mol. The molecule has 0 saturated carbocycles. The zero-order valence-corrected chi connectivity index (χ0v) is 15.9. The summed E-state index contributed by atoms with van der Waals surface area (Å²) in [7, 11) is 0. The predicted octanol–water partition coefficient (Wildman–Crippen LogP) is 3.60. The molecule has 30 heavy (non-hydrogen) atoms. The Labute approximate surface area is 170 Å². The SMILES string of the molecule is Cc1ccc2cccc(Oc3ncnc(NNC(=O)c4ccc(F)cc4)c3N)c2n1. The van der Waals surface area contributed by atoms with Crippen molar-refractivity contribution in [1.82, 2.24) is 20.4 Å². The first kappa shape index (κ1) is 19.1. The van der Waals surface area contributed by atoms with Crippen molar-refractivity contribution >= 4 is 28.3 Å². The van der Waals surface area contributed by atoms with Gasteiger partial charge in [0.2, 0.25) is 5.88 Å². The van der Waals surface area contributed by atoms with Crippen LogP contribution in [0.25, 0.3) is 10.9 Å². The molecule has 0 spiro atoms. The van der Waals surface area contributed by atoms with Gasteiger partial charge in [-0.25, -0.2) is 14.4 Å². The second-order valence-electron chi connectivity index (χ2n) is 6.41. The summed E-state index contributed by atoms with van der Waals surface area (Å²) in [5.41, 5.74) is 13.1. The predicted molar refractivity (Wildman–Crippen MR) is 110 cm³/mol. The average Bonchev–Trinajstić information content (AvgIpc) is 2.75. The van der Waals surface area contributed by atoms with Crippen molar-refractivity contribution in [2.24, 2.45) is 0 Å². The Balaban J connectivity index is 1.54. The molecule has 0 aliphatic heterocycles. The summed E-state index contributed by atoms with van der Waals surface area (Å²) in [6.07, 6.45) is 1.25. The van der Waals surface area contributed by atoms with E-state index in [2.05, 4.69) is 25.8 Å². The molecule has 0 radical (unpaired) electrons. The number of carbonyl (C=O) groups excluding carboxylic acids is 1. The number of anilines is 2. The third kappa shape index (κ3) is 3.95. The van der Waals surface area contributed by atoms with Gasteiger partial charge in [-0.1, -0.05) is 18.2 Å². The van der Waals surface area contributed by atoms with Crippen molar-refractivity contribution in [3.63, 3.8) is 0 Å². The van der Waals surface area contributed by atoms with E-state index in [-0.39, 0.29) is 22.9 Å². The van der Waals surface area contributed by atoms with Crippen LogP contribution in [0.2, 0.25) is 0 Å². The highest BCUT2D eigenvalue weighted by Crippen LogP contribution is 2.32. The van der Waals surface area contributed by atoms with Crippen molar-refractivity contribution < 1.29 is 13.9 Å². The number of benzene rings is 2. The van der Waals surface area contributed by atoms with Gasteiger partial charge in [-0.05, 0) is 43.3 Å². The second-order valence-corrected chi connectivity index (χ2v) is 6.41. The molecule has 2 aromatic heterocycles. The van der Waals surface area contributed by atoms with Crippen LogP contribution in [-0.4, -0.2) is 20.9 Å². The number of rotatable bonds is 5. The number of pyridine rings is 1. The summed E-state index contributed by atoms with van der Waals surface area (Å²) in [6.45, 7) is 1.89. The van der Waals surface area contributed by atoms with Gasteiger partial charge in [0.1, 0.15) is 23.3 Å². The molecule has 1 amide bonds. The summed E-state index contributed by atoms with van der Waals surface area (Å²) < 4.78 is 18.9. The number of halogens is 1. The standard InChI is InChI=1S/C21H17FN6O2/c1-12-5-6-13-3-2-4-16(18(13)26-12)30-21-17(23)19(24-11-25-21)27-28-20(29)14-7-9-15(22)10-8-14/h2-11H,23H2,1H3,(H,28,29)(H,24,25,27). The van der Waals surface area contributed by atoms with Crippen LogP contribution in [-0.2, 0) is 0 Å². The van der Waals surface area contributed by atoms with Gasteiger partial charge in [-0.2, -0.15) is 4.98 Å². The summed E-state index contributed by atoms with van der Waals surface area (Å²) in [6, 6.07) is 14.5. The molecule has 0 atom stereocenters. The smallest absolute Gasteiger partial charge is 0.269 e. The Morgan fingerprint density at radius 3 is 2.67 bits per heavy atom. The van der Waals surface area contributed by atoms with E-state index in [0.717, 1.165) is 11.1 Å². The van der Waals surface area contributed by atoms with Crippen molar-refractivity contribution in [2.75, 3.05) is 11.2 Å². The van der Waals surface area contributed by atoms with E-state index in [0.29, 0.717) is 11.3 Å². The molecule has 0 saturated heterocycles.